The zero-order valence-corrected chi connectivity index (χ0v) is 18.5. The number of hydrogen-bond acceptors (Lipinski definition) is 5. The zero-order valence-electron chi connectivity index (χ0n) is 18.5. The lowest BCUT2D eigenvalue weighted by Crippen LogP contribution is -2.19. The molecule has 0 fully saturated rings. The molecule has 162 valence electrons. The van der Waals surface area contributed by atoms with Crippen LogP contribution in [0.5, 0.6) is 0 Å². The van der Waals surface area contributed by atoms with Gasteiger partial charge in [0.15, 0.2) is 0 Å². The first-order chi connectivity index (χ1) is 16.4. The Balaban J connectivity index is 1.76. The molecule has 7 nitrogen and oxygen atoms in total. The van der Waals surface area contributed by atoms with Gasteiger partial charge in [0.05, 0.1) is 28.2 Å². The van der Waals surface area contributed by atoms with Gasteiger partial charge in [-0.25, -0.2) is 4.98 Å². The van der Waals surface area contributed by atoms with Crippen molar-refractivity contribution in [1.29, 1.82) is 5.26 Å². The minimum Gasteiger partial charge on any atom is -0.361 e. The number of pyridine rings is 4. The molecule has 1 aromatic carbocycles. The van der Waals surface area contributed by atoms with Gasteiger partial charge in [-0.2, -0.15) is 5.26 Å². The molecular formula is C27H18N6O. The molecule has 34 heavy (non-hydrogen) atoms. The highest BCUT2D eigenvalue weighted by Gasteiger charge is 2.20. The van der Waals surface area contributed by atoms with E-state index in [-0.39, 0.29) is 5.56 Å². The molecular weight excluding hydrogens is 424 g/mol. The summed E-state index contributed by atoms with van der Waals surface area (Å²) in [6.07, 6.45) is 3.34. The number of fused-ring (bicyclic) bond motifs is 3. The Bertz CT molecular complexity index is 1700. The van der Waals surface area contributed by atoms with Crippen LogP contribution in [-0.4, -0.2) is 19.5 Å². The van der Waals surface area contributed by atoms with Gasteiger partial charge in [-0.1, -0.05) is 24.8 Å². The molecule has 0 amide bonds. The number of benzene rings is 1. The highest BCUT2D eigenvalue weighted by Crippen LogP contribution is 2.28. The number of aromatic nitrogens is 4. The predicted octanol–water partition coefficient (Wildman–Crippen LogP) is 5.35. The molecule has 7 heteroatoms. The average molecular weight is 442 g/mol. The molecule has 0 spiro atoms. The Morgan fingerprint density at radius 2 is 1.76 bits per heavy atom. The molecule has 0 bridgehead atoms. The van der Waals surface area contributed by atoms with E-state index in [4.69, 9.17) is 11.6 Å². The lowest BCUT2D eigenvalue weighted by atomic mass is 9.86. The Hall–Kier alpha value is -4.88. The highest BCUT2D eigenvalue weighted by atomic mass is 16.1. The third-order valence-electron chi connectivity index (χ3n) is 5.85. The molecule has 4 aromatic heterocycles. The van der Waals surface area contributed by atoms with Crippen LogP contribution in [0.1, 0.15) is 19.4 Å². The fourth-order valence-electron chi connectivity index (χ4n) is 3.88. The summed E-state index contributed by atoms with van der Waals surface area (Å²) in [5, 5.41) is 10.2. The summed E-state index contributed by atoms with van der Waals surface area (Å²) in [6, 6.07) is 20.2. The fraction of sp³-hybridized carbons (Fsp3) is 0.111. The Labute approximate surface area is 195 Å². The van der Waals surface area contributed by atoms with Crippen LogP contribution in [0.2, 0.25) is 0 Å². The van der Waals surface area contributed by atoms with Crippen molar-refractivity contribution in [2.45, 2.75) is 19.3 Å². The topological polar surface area (TPSA) is 88.8 Å². The monoisotopic (exact) mass is 442 g/mol. The molecule has 0 saturated heterocycles. The van der Waals surface area contributed by atoms with Crippen LogP contribution in [0.25, 0.3) is 43.7 Å². The molecule has 0 aliphatic carbocycles. The molecule has 0 saturated carbocycles. The van der Waals surface area contributed by atoms with Crippen LogP contribution in [0.15, 0.2) is 77.9 Å². The maximum Gasteiger partial charge on any atom is 0.269 e. The van der Waals surface area contributed by atoms with Crippen molar-refractivity contribution in [2.75, 3.05) is 0 Å². The van der Waals surface area contributed by atoms with Crippen LogP contribution >= 0.6 is 0 Å². The molecule has 5 aromatic rings. The third-order valence-corrected chi connectivity index (χ3v) is 5.85. The maximum absolute atomic E-state index is 13.1. The lowest BCUT2D eigenvalue weighted by molar-refractivity contribution is 0.686. The summed E-state index contributed by atoms with van der Waals surface area (Å²) in [4.78, 5) is 29.9. The van der Waals surface area contributed by atoms with Crippen molar-refractivity contribution in [3.05, 3.63) is 100 Å². The van der Waals surface area contributed by atoms with E-state index in [1.165, 1.54) is 6.07 Å². The second-order valence-electron chi connectivity index (χ2n) is 8.43. The molecule has 0 aliphatic heterocycles. The van der Waals surface area contributed by atoms with E-state index in [1.54, 1.807) is 35.2 Å². The summed E-state index contributed by atoms with van der Waals surface area (Å²) in [5.41, 5.74) is 4.04. The average Bonchev–Trinajstić information content (AvgIpc) is 2.88. The van der Waals surface area contributed by atoms with Gasteiger partial charge < -0.3 is 4.85 Å². The summed E-state index contributed by atoms with van der Waals surface area (Å²) >= 11 is 0. The largest absolute Gasteiger partial charge is 0.361 e. The Morgan fingerprint density at radius 3 is 2.44 bits per heavy atom. The standard InChI is InChI=1S/C27H18N6O/c1-27(2,16-28)19-6-8-20(9-7-19)33-24(34)13-5-18-15-30-22-11-10-21(32-25(22)26(18)33)17-4-12-23(29-3)31-14-17/h4-15H,1-2H3. The van der Waals surface area contributed by atoms with Crippen molar-refractivity contribution >= 4 is 27.8 Å². The van der Waals surface area contributed by atoms with Gasteiger partial charge in [0.25, 0.3) is 11.4 Å². The smallest absolute Gasteiger partial charge is 0.269 e. The van der Waals surface area contributed by atoms with Gasteiger partial charge in [-0.05, 0) is 55.8 Å². The van der Waals surface area contributed by atoms with E-state index in [9.17, 15) is 10.1 Å². The van der Waals surface area contributed by atoms with E-state index in [0.29, 0.717) is 33.7 Å². The van der Waals surface area contributed by atoms with Crippen molar-refractivity contribution in [3.8, 4) is 23.0 Å². The molecule has 0 atom stereocenters. The van der Waals surface area contributed by atoms with Crippen LogP contribution in [-0.2, 0) is 5.41 Å². The second kappa shape index (κ2) is 7.91. The lowest BCUT2D eigenvalue weighted by Gasteiger charge is -2.17. The van der Waals surface area contributed by atoms with Crippen LogP contribution in [0.3, 0.4) is 0 Å². The summed E-state index contributed by atoms with van der Waals surface area (Å²) in [7, 11) is 0. The molecule has 0 unspecified atom stereocenters. The minimum atomic E-state index is -0.633. The number of nitrogens with zero attached hydrogens (tertiary/aromatic N) is 6. The zero-order chi connectivity index (χ0) is 23.9. The summed E-state index contributed by atoms with van der Waals surface area (Å²) < 4.78 is 1.62. The van der Waals surface area contributed by atoms with E-state index in [0.717, 1.165) is 16.5 Å². The first-order valence-corrected chi connectivity index (χ1v) is 10.6. The van der Waals surface area contributed by atoms with Gasteiger partial charge in [0.1, 0.15) is 11.7 Å². The van der Waals surface area contributed by atoms with Crippen LogP contribution in [0, 0.1) is 17.9 Å². The van der Waals surface area contributed by atoms with E-state index < -0.39 is 5.41 Å². The molecule has 0 aliphatic rings. The van der Waals surface area contributed by atoms with Crippen molar-refractivity contribution in [1.82, 2.24) is 19.5 Å². The van der Waals surface area contributed by atoms with Crippen molar-refractivity contribution < 1.29 is 0 Å². The Morgan fingerprint density at radius 1 is 0.971 bits per heavy atom. The predicted molar refractivity (Wildman–Crippen MR) is 131 cm³/mol. The molecule has 5 rings (SSSR count). The first kappa shape index (κ1) is 21.0. The van der Waals surface area contributed by atoms with Crippen molar-refractivity contribution in [3.63, 3.8) is 0 Å². The van der Waals surface area contributed by atoms with Gasteiger partial charge in [0.2, 0.25) is 0 Å². The number of nitriles is 1. The quantitative estimate of drug-likeness (QED) is 0.278. The summed E-state index contributed by atoms with van der Waals surface area (Å²) in [5.74, 6) is 0.313. The van der Waals surface area contributed by atoms with Gasteiger partial charge in [-0.3, -0.25) is 14.3 Å². The van der Waals surface area contributed by atoms with E-state index in [1.807, 2.05) is 50.2 Å². The highest BCUT2D eigenvalue weighted by molar-refractivity contribution is 6.02. The molecule has 0 N–H and O–H groups in total. The van der Waals surface area contributed by atoms with Gasteiger partial charge in [-0.15, -0.1) is 4.98 Å². The maximum atomic E-state index is 13.1. The van der Waals surface area contributed by atoms with E-state index >= 15 is 0 Å². The number of hydrogen-bond donors (Lipinski definition) is 0. The first-order valence-electron chi connectivity index (χ1n) is 10.6. The normalized spacial score (nSPS) is 11.3. The molecule has 4 heterocycles. The Kier molecular flexibility index (Phi) is 4.89. The fourth-order valence-corrected chi connectivity index (χ4v) is 3.88. The van der Waals surface area contributed by atoms with E-state index in [2.05, 4.69) is 20.9 Å². The van der Waals surface area contributed by atoms with Gasteiger partial charge in [0, 0.05) is 28.9 Å². The van der Waals surface area contributed by atoms with Crippen LogP contribution < -0.4 is 5.56 Å². The summed E-state index contributed by atoms with van der Waals surface area (Å²) in [6.45, 7) is 10.8. The van der Waals surface area contributed by atoms with Gasteiger partial charge >= 0.3 is 0 Å². The number of rotatable bonds is 3. The van der Waals surface area contributed by atoms with Crippen LogP contribution in [0.4, 0.5) is 5.82 Å². The molecule has 0 radical (unpaired) electrons. The second-order valence-corrected chi connectivity index (χ2v) is 8.43. The third kappa shape index (κ3) is 3.46. The van der Waals surface area contributed by atoms with Crippen molar-refractivity contribution in [2.24, 2.45) is 0 Å². The SMILES string of the molecule is [C-]#[N+]c1ccc(-c2ccc3ncc4ccc(=O)n(-c5ccc(C(C)(C)C#N)cc5)c4c3n2)cn1. The minimum absolute atomic E-state index is 0.192.